The van der Waals surface area contributed by atoms with Crippen LogP contribution in [0.3, 0.4) is 0 Å². The average Bonchev–Trinajstić information content (AvgIpc) is 3.31. The molecule has 0 aliphatic rings. The topological polar surface area (TPSA) is 68.3 Å². The van der Waals surface area contributed by atoms with Crippen molar-refractivity contribution >= 4 is 49.4 Å². The first kappa shape index (κ1) is 20.2. The average molecular weight is 444 g/mol. The Morgan fingerprint density at radius 1 is 1.03 bits per heavy atom. The highest BCUT2D eigenvalue weighted by atomic mass is 32.1. The molecular weight excluding hydrogens is 422 g/mol. The molecule has 5 aromatic rings. The SMILES string of the molecule is Cc1cc(C)cc(N(C(=O)CCn2c(=O)oc3ccccc32)c2nc3ccccc3s2)c1. The van der Waals surface area contributed by atoms with Crippen molar-refractivity contribution in [2.45, 2.75) is 26.8 Å². The van der Waals surface area contributed by atoms with Gasteiger partial charge in [0.1, 0.15) is 0 Å². The van der Waals surface area contributed by atoms with Crippen molar-refractivity contribution in [3.05, 3.63) is 88.4 Å². The maximum atomic E-state index is 13.5. The summed E-state index contributed by atoms with van der Waals surface area (Å²) in [5, 5.41) is 0.616. The Labute approximate surface area is 188 Å². The van der Waals surface area contributed by atoms with Crippen molar-refractivity contribution in [1.82, 2.24) is 9.55 Å². The molecule has 6 nitrogen and oxygen atoms in total. The number of anilines is 2. The summed E-state index contributed by atoms with van der Waals surface area (Å²) in [4.78, 5) is 32.2. The minimum atomic E-state index is -0.461. The van der Waals surface area contributed by atoms with Gasteiger partial charge in [-0.05, 0) is 61.4 Å². The van der Waals surface area contributed by atoms with E-state index in [1.165, 1.54) is 15.9 Å². The standard InChI is InChI=1S/C25H21N3O3S/c1-16-13-17(2)15-18(14-16)28(24-26-19-7-3-6-10-22(19)32-24)23(29)11-12-27-20-8-4-5-9-21(20)31-25(27)30/h3-10,13-15H,11-12H2,1-2H3. The molecule has 0 N–H and O–H groups in total. The van der Waals surface area contributed by atoms with Gasteiger partial charge in [-0.25, -0.2) is 9.78 Å². The Morgan fingerprint density at radius 2 is 1.75 bits per heavy atom. The van der Waals surface area contributed by atoms with Gasteiger partial charge in [-0.1, -0.05) is 41.7 Å². The van der Waals surface area contributed by atoms with Crippen molar-refractivity contribution in [3.8, 4) is 0 Å². The van der Waals surface area contributed by atoms with Crippen molar-refractivity contribution in [1.29, 1.82) is 0 Å². The van der Waals surface area contributed by atoms with Crippen LogP contribution in [0, 0.1) is 13.8 Å². The molecule has 0 aliphatic heterocycles. The number of fused-ring (bicyclic) bond motifs is 2. The molecule has 0 fully saturated rings. The van der Waals surface area contributed by atoms with Gasteiger partial charge in [0.15, 0.2) is 10.7 Å². The predicted molar refractivity (Wildman–Crippen MR) is 128 cm³/mol. The lowest BCUT2D eigenvalue weighted by Gasteiger charge is -2.21. The molecule has 0 atom stereocenters. The smallest absolute Gasteiger partial charge is 0.408 e. The third-order valence-electron chi connectivity index (χ3n) is 5.31. The first-order chi connectivity index (χ1) is 15.5. The van der Waals surface area contributed by atoms with Gasteiger partial charge in [0.05, 0.1) is 21.4 Å². The van der Waals surface area contributed by atoms with E-state index >= 15 is 0 Å². The molecule has 2 aromatic heterocycles. The van der Waals surface area contributed by atoms with E-state index < -0.39 is 5.76 Å². The number of rotatable bonds is 5. The zero-order valence-electron chi connectivity index (χ0n) is 17.7. The molecule has 0 radical (unpaired) electrons. The molecule has 0 unspecified atom stereocenters. The third kappa shape index (κ3) is 3.71. The van der Waals surface area contributed by atoms with E-state index in [4.69, 9.17) is 9.40 Å². The fraction of sp³-hybridized carbons (Fsp3) is 0.160. The van der Waals surface area contributed by atoms with Gasteiger partial charge in [0.2, 0.25) is 5.91 Å². The number of hydrogen-bond acceptors (Lipinski definition) is 5. The van der Waals surface area contributed by atoms with Crippen LogP contribution in [0.5, 0.6) is 0 Å². The van der Waals surface area contributed by atoms with Crippen LogP contribution in [0.15, 0.2) is 75.9 Å². The molecule has 0 aliphatic carbocycles. The summed E-state index contributed by atoms with van der Waals surface area (Å²) in [7, 11) is 0. The molecule has 3 aromatic carbocycles. The first-order valence-electron chi connectivity index (χ1n) is 10.3. The number of thiazole rings is 1. The van der Waals surface area contributed by atoms with Crippen molar-refractivity contribution < 1.29 is 9.21 Å². The highest BCUT2D eigenvalue weighted by molar-refractivity contribution is 7.22. The van der Waals surface area contributed by atoms with E-state index in [1.807, 2.05) is 68.4 Å². The fourth-order valence-electron chi connectivity index (χ4n) is 3.94. The van der Waals surface area contributed by atoms with E-state index in [0.29, 0.717) is 16.2 Å². The highest BCUT2D eigenvalue weighted by Gasteiger charge is 2.23. The van der Waals surface area contributed by atoms with Gasteiger partial charge in [0.25, 0.3) is 0 Å². The fourth-order valence-corrected chi connectivity index (χ4v) is 4.95. The summed E-state index contributed by atoms with van der Waals surface area (Å²) < 4.78 is 7.83. The lowest BCUT2D eigenvalue weighted by atomic mass is 10.1. The summed E-state index contributed by atoms with van der Waals surface area (Å²) in [6.45, 7) is 4.24. The number of aromatic nitrogens is 2. The molecule has 1 amide bonds. The zero-order chi connectivity index (χ0) is 22.2. The van der Waals surface area contributed by atoms with Gasteiger partial charge >= 0.3 is 5.76 Å². The number of nitrogens with zero attached hydrogens (tertiary/aromatic N) is 3. The summed E-state index contributed by atoms with van der Waals surface area (Å²) in [6, 6.07) is 21.1. The molecule has 0 saturated heterocycles. The van der Waals surface area contributed by atoms with Crippen molar-refractivity contribution in [2.75, 3.05) is 4.90 Å². The second-order valence-electron chi connectivity index (χ2n) is 7.78. The second kappa shape index (κ2) is 8.09. The molecule has 32 heavy (non-hydrogen) atoms. The van der Waals surface area contributed by atoms with E-state index in [2.05, 4.69) is 6.07 Å². The maximum absolute atomic E-state index is 13.5. The summed E-state index contributed by atoms with van der Waals surface area (Å²) >= 11 is 1.48. The van der Waals surface area contributed by atoms with E-state index in [1.54, 1.807) is 11.0 Å². The molecule has 7 heteroatoms. The lowest BCUT2D eigenvalue weighted by Crippen LogP contribution is -2.28. The molecule has 0 bridgehead atoms. The van der Waals surface area contributed by atoms with Gasteiger partial charge in [-0.2, -0.15) is 0 Å². The minimum Gasteiger partial charge on any atom is -0.408 e. The van der Waals surface area contributed by atoms with Gasteiger partial charge in [0, 0.05) is 13.0 Å². The number of benzene rings is 3. The molecule has 2 heterocycles. The van der Waals surface area contributed by atoms with Crippen LogP contribution >= 0.6 is 11.3 Å². The number of para-hydroxylation sites is 3. The van der Waals surface area contributed by atoms with E-state index in [9.17, 15) is 9.59 Å². The summed E-state index contributed by atoms with van der Waals surface area (Å²) in [5.74, 6) is -0.594. The Morgan fingerprint density at radius 3 is 2.53 bits per heavy atom. The third-order valence-corrected chi connectivity index (χ3v) is 6.33. The first-order valence-corrected chi connectivity index (χ1v) is 11.2. The van der Waals surface area contributed by atoms with Crippen molar-refractivity contribution in [2.24, 2.45) is 0 Å². The number of oxazole rings is 1. The summed E-state index contributed by atoms with van der Waals surface area (Å²) in [5.41, 5.74) is 4.96. The van der Waals surface area contributed by atoms with Gasteiger partial charge in [-0.15, -0.1) is 0 Å². The number of amides is 1. The Hall–Kier alpha value is -3.71. The van der Waals surface area contributed by atoms with E-state index in [0.717, 1.165) is 27.0 Å². The van der Waals surface area contributed by atoms with Crippen LogP contribution in [0.25, 0.3) is 21.3 Å². The zero-order valence-corrected chi connectivity index (χ0v) is 18.6. The Balaban J connectivity index is 1.52. The number of aryl methyl sites for hydroxylation is 3. The monoisotopic (exact) mass is 443 g/mol. The normalized spacial score (nSPS) is 11.3. The second-order valence-corrected chi connectivity index (χ2v) is 8.79. The number of hydrogen-bond donors (Lipinski definition) is 0. The van der Waals surface area contributed by atoms with Crippen LogP contribution in [0.4, 0.5) is 10.8 Å². The van der Waals surface area contributed by atoms with Crippen LogP contribution in [-0.2, 0) is 11.3 Å². The molecule has 5 rings (SSSR count). The summed E-state index contributed by atoms with van der Waals surface area (Å²) in [6.07, 6.45) is 0.131. The van der Waals surface area contributed by atoms with Gasteiger partial charge in [-0.3, -0.25) is 14.3 Å². The van der Waals surface area contributed by atoms with Crippen LogP contribution in [0.1, 0.15) is 17.5 Å². The van der Waals surface area contributed by atoms with Crippen molar-refractivity contribution in [3.63, 3.8) is 0 Å². The minimum absolute atomic E-state index is 0.131. The van der Waals surface area contributed by atoms with E-state index in [-0.39, 0.29) is 18.9 Å². The number of carbonyl (C=O) groups excluding carboxylic acids is 1. The largest absolute Gasteiger partial charge is 0.419 e. The van der Waals surface area contributed by atoms with Crippen LogP contribution < -0.4 is 10.7 Å². The quantitative estimate of drug-likeness (QED) is 0.356. The Bertz CT molecular complexity index is 1460. The molecule has 160 valence electrons. The number of carbonyl (C=O) groups is 1. The Kier molecular flexibility index (Phi) is 5.11. The lowest BCUT2D eigenvalue weighted by molar-refractivity contribution is -0.118. The molecule has 0 spiro atoms. The van der Waals surface area contributed by atoms with Crippen LogP contribution in [-0.4, -0.2) is 15.5 Å². The highest BCUT2D eigenvalue weighted by Crippen LogP contribution is 2.34. The van der Waals surface area contributed by atoms with Crippen LogP contribution in [0.2, 0.25) is 0 Å². The molecular formula is C25H21N3O3S. The predicted octanol–water partition coefficient (Wildman–Crippen LogP) is 5.58. The van der Waals surface area contributed by atoms with Gasteiger partial charge < -0.3 is 4.42 Å². The maximum Gasteiger partial charge on any atom is 0.419 e. The molecule has 0 saturated carbocycles.